The standard InChI is InChI=1S/C20H19ClN2O7/c1-28-17-9-18(29-2)16(8-15(17)21)22-10-13(7-19(22)24)20(25)30-11-12-3-5-14(6-4-12)23(26)27/h3-6,8-9,13H,7,10-11H2,1-2H3. The second-order valence-electron chi connectivity index (χ2n) is 6.60. The normalized spacial score (nSPS) is 15.8. The van der Waals surface area contributed by atoms with Crippen molar-refractivity contribution in [2.24, 2.45) is 5.92 Å². The Morgan fingerprint density at radius 1 is 1.20 bits per heavy atom. The van der Waals surface area contributed by atoms with Gasteiger partial charge in [-0.25, -0.2) is 0 Å². The van der Waals surface area contributed by atoms with Crippen molar-refractivity contribution < 1.29 is 28.7 Å². The van der Waals surface area contributed by atoms with Crippen molar-refractivity contribution in [3.05, 3.63) is 57.1 Å². The number of nitro groups is 1. The maximum atomic E-state index is 12.5. The molecule has 0 radical (unpaired) electrons. The second-order valence-corrected chi connectivity index (χ2v) is 7.00. The molecule has 0 spiro atoms. The average molecular weight is 435 g/mol. The van der Waals surface area contributed by atoms with E-state index in [0.29, 0.717) is 27.8 Å². The van der Waals surface area contributed by atoms with E-state index >= 15 is 0 Å². The number of methoxy groups -OCH3 is 2. The Morgan fingerprint density at radius 2 is 1.87 bits per heavy atom. The van der Waals surface area contributed by atoms with Gasteiger partial charge in [0.2, 0.25) is 5.91 Å². The maximum absolute atomic E-state index is 12.5. The fraction of sp³-hybridized carbons (Fsp3) is 0.300. The predicted octanol–water partition coefficient (Wildman–Crippen LogP) is 3.36. The van der Waals surface area contributed by atoms with Crippen LogP contribution in [0, 0.1) is 16.0 Å². The Morgan fingerprint density at radius 3 is 2.47 bits per heavy atom. The van der Waals surface area contributed by atoms with E-state index in [9.17, 15) is 19.7 Å². The van der Waals surface area contributed by atoms with Crippen LogP contribution in [0.1, 0.15) is 12.0 Å². The lowest BCUT2D eigenvalue weighted by atomic mass is 10.1. The summed E-state index contributed by atoms with van der Waals surface area (Å²) in [5.74, 6) is -0.636. The molecule has 1 amide bonds. The van der Waals surface area contributed by atoms with Gasteiger partial charge in [-0.3, -0.25) is 19.7 Å². The van der Waals surface area contributed by atoms with Crippen LogP contribution in [0.15, 0.2) is 36.4 Å². The number of hydrogen-bond donors (Lipinski definition) is 0. The number of nitrogens with zero attached hydrogens (tertiary/aromatic N) is 2. The van der Waals surface area contributed by atoms with Crippen LogP contribution in [-0.2, 0) is 20.9 Å². The lowest BCUT2D eigenvalue weighted by Gasteiger charge is -2.20. The van der Waals surface area contributed by atoms with Crippen molar-refractivity contribution in [2.75, 3.05) is 25.7 Å². The van der Waals surface area contributed by atoms with Gasteiger partial charge in [-0.15, -0.1) is 0 Å². The van der Waals surface area contributed by atoms with Gasteiger partial charge in [0.25, 0.3) is 5.69 Å². The van der Waals surface area contributed by atoms with Crippen molar-refractivity contribution in [3.8, 4) is 11.5 Å². The highest BCUT2D eigenvalue weighted by Gasteiger charge is 2.37. The minimum absolute atomic E-state index is 0.00804. The van der Waals surface area contributed by atoms with E-state index in [1.807, 2.05) is 0 Å². The van der Waals surface area contributed by atoms with Gasteiger partial charge in [0.15, 0.2) is 0 Å². The van der Waals surface area contributed by atoms with E-state index in [-0.39, 0.29) is 31.2 Å². The summed E-state index contributed by atoms with van der Waals surface area (Å²) in [6, 6.07) is 8.84. The Labute approximate surface area is 177 Å². The third-order valence-corrected chi connectivity index (χ3v) is 5.03. The number of carbonyl (C=O) groups is 2. The van der Waals surface area contributed by atoms with Crippen molar-refractivity contribution in [1.29, 1.82) is 0 Å². The van der Waals surface area contributed by atoms with Crippen LogP contribution < -0.4 is 14.4 Å². The van der Waals surface area contributed by atoms with Crippen molar-refractivity contribution >= 4 is 34.9 Å². The number of ether oxygens (including phenoxy) is 3. The summed E-state index contributed by atoms with van der Waals surface area (Å²) in [6.45, 7) is 0.0795. The molecule has 0 aliphatic carbocycles. The second kappa shape index (κ2) is 9.00. The molecule has 10 heteroatoms. The largest absolute Gasteiger partial charge is 0.495 e. The number of non-ortho nitro benzene ring substituents is 1. The smallest absolute Gasteiger partial charge is 0.311 e. The Hall–Kier alpha value is -3.33. The minimum atomic E-state index is -0.652. The molecule has 1 fully saturated rings. The summed E-state index contributed by atoms with van der Waals surface area (Å²) in [6.07, 6.45) is -0.00804. The van der Waals surface area contributed by atoms with Crippen LogP contribution in [0.25, 0.3) is 0 Å². The maximum Gasteiger partial charge on any atom is 0.311 e. The van der Waals surface area contributed by atoms with Crippen LogP contribution in [0.4, 0.5) is 11.4 Å². The molecule has 1 saturated heterocycles. The Kier molecular flexibility index (Phi) is 6.41. The van der Waals surface area contributed by atoms with Crippen molar-refractivity contribution in [2.45, 2.75) is 13.0 Å². The summed E-state index contributed by atoms with van der Waals surface area (Å²) in [5.41, 5.74) is 1.01. The molecular formula is C20H19ClN2O7. The van der Waals surface area contributed by atoms with Gasteiger partial charge < -0.3 is 19.1 Å². The number of benzene rings is 2. The van der Waals surface area contributed by atoms with Gasteiger partial charge in [0.1, 0.15) is 18.1 Å². The summed E-state index contributed by atoms with van der Waals surface area (Å²) < 4.78 is 15.8. The first-order valence-corrected chi connectivity index (χ1v) is 9.33. The summed E-state index contributed by atoms with van der Waals surface area (Å²) in [7, 11) is 2.93. The fourth-order valence-corrected chi connectivity index (χ4v) is 3.37. The van der Waals surface area contributed by atoms with Crippen LogP contribution in [-0.4, -0.2) is 37.6 Å². The molecule has 0 bridgehead atoms. The number of anilines is 1. The summed E-state index contributed by atoms with van der Waals surface area (Å²) in [5, 5.41) is 11.0. The Balaban J connectivity index is 1.67. The number of esters is 1. The predicted molar refractivity (Wildman–Crippen MR) is 108 cm³/mol. The van der Waals surface area contributed by atoms with Gasteiger partial charge in [0, 0.05) is 31.2 Å². The minimum Gasteiger partial charge on any atom is -0.495 e. The molecule has 30 heavy (non-hydrogen) atoms. The first-order chi connectivity index (χ1) is 14.3. The van der Waals surface area contributed by atoms with E-state index in [1.54, 1.807) is 12.1 Å². The molecule has 158 valence electrons. The quantitative estimate of drug-likeness (QED) is 0.373. The Bertz CT molecular complexity index is 978. The van der Waals surface area contributed by atoms with E-state index in [0.717, 1.165) is 0 Å². The summed E-state index contributed by atoms with van der Waals surface area (Å²) >= 11 is 6.18. The van der Waals surface area contributed by atoms with Gasteiger partial charge >= 0.3 is 5.97 Å². The number of hydrogen-bond acceptors (Lipinski definition) is 7. The zero-order valence-electron chi connectivity index (χ0n) is 16.3. The molecule has 1 heterocycles. The molecular weight excluding hydrogens is 416 g/mol. The van der Waals surface area contributed by atoms with Crippen LogP contribution in [0.3, 0.4) is 0 Å². The zero-order chi connectivity index (χ0) is 21.8. The summed E-state index contributed by atoms with van der Waals surface area (Å²) in [4.78, 5) is 36.6. The van der Waals surface area contributed by atoms with Crippen molar-refractivity contribution in [3.63, 3.8) is 0 Å². The molecule has 1 aliphatic heterocycles. The molecule has 9 nitrogen and oxygen atoms in total. The molecule has 1 atom stereocenters. The first-order valence-electron chi connectivity index (χ1n) is 8.96. The van der Waals surface area contributed by atoms with Crippen LogP contribution >= 0.6 is 11.6 Å². The molecule has 0 N–H and O–H groups in total. The van der Waals surface area contributed by atoms with Crippen LogP contribution in [0.2, 0.25) is 5.02 Å². The molecule has 0 saturated carbocycles. The molecule has 2 aromatic carbocycles. The molecule has 0 aromatic heterocycles. The number of rotatable bonds is 7. The van der Waals surface area contributed by atoms with Gasteiger partial charge in [0.05, 0.1) is 35.8 Å². The molecule has 3 rings (SSSR count). The number of nitro benzene ring substituents is 1. The number of carbonyl (C=O) groups excluding carboxylic acids is 2. The SMILES string of the molecule is COc1cc(OC)c(N2CC(C(=O)OCc3ccc([N+](=O)[O-])cc3)CC2=O)cc1Cl. The van der Waals surface area contributed by atoms with Gasteiger partial charge in [-0.2, -0.15) is 0 Å². The first kappa shape index (κ1) is 21.4. The van der Waals surface area contributed by atoms with E-state index in [1.165, 1.54) is 43.4 Å². The molecule has 1 unspecified atom stereocenters. The average Bonchev–Trinajstić information content (AvgIpc) is 3.13. The lowest BCUT2D eigenvalue weighted by Crippen LogP contribution is -2.27. The lowest BCUT2D eigenvalue weighted by molar-refractivity contribution is -0.384. The topological polar surface area (TPSA) is 108 Å². The third kappa shape index (κ3) is 4.46. The molecule has 2 aromatic rings. The number of halogens is 1. The van der Waals surface area contributed by atoms with Gasteiger partial charge in [-0.05, 0) is 23.8 Å². The monoisotopic (exact) mass is 434 g/mol. The number of amides is 1. The van der Waals surface area contributed by atoms with Gasteiger partial charge in [-0.1, -0.05) is 11.6 Å². The van der Waals surface area contributed by atoms with Crippen LogP contribution in [0.5, 0.6) is 11.5 Å². The third-order valence-electron chi connectivity index (χ3n) is 4.73. The molecule has 1 aliphatic rings. The van der Waals surface area contributed by atoms with Crippen molar-refractivity contribution in [1.82, 2.24) is 0 Å². The fourth-order valence-electron chi connectivity index (χ4n) is 3.14. The van der Waals surface area contributed by atoms with E-state index in [2.05, 4.69) is 0 Å². The highest BCUT2D eigenvalue weighted by molar-refractivity contribution is 6.32. The van der Waals surface area contributed by atoms with E-state index < -0.39 is 16.8 Å². The highest BCUT2D eigenvalue weighted by Crippen LogP contribution is 2.40. The zero-order valence-corrected chi connectivity index (χ0v) is 17.0. The van der Waals surface area contributed by atoms with E-state index in [4.69, 9.17) is 25.8 Å². The highest BCUT2D eigenvalue weighted by atomic mass is 35.5.